The van der Waals surface area contributed by atoms with Gasteiger partial charge in [0.05, 0.1) is 29.2 Å². The van der Waals surface area contributed by atoms with E-state index in [0.717, 1.165) is 36.3 Å². The van der Waals surface area contributed by atoms with Gasteiger partial charge in [-0.1, -0.05) is 17.9 Å². The van der Waals surface area contributed by atoms with Crippen LogP contribution in [0.25, 0.3) is 11.0 Å². The van der Waals surface area contributed by atoms with Crippen molar-refractivity contribution in [1.82, 2.24) is 19.8 Å². The fourth-order valence-electron chi connectivity index (χ4n) is 5.33. The van der Waals surface area contributed by atoms with E-state index < -0.39 is 31.6 Å². The van der Waals surface area contributed by atoms with Gasteiger partial charge in [-0.25, -0.2) is 4.98 Å². The van der Waals surface area contributed by atoms with Crippen LogP contribution in [0, 0.1) is 11.8 Å². The number of carbonyl (C=O) groups excluding carboxylic acids is 1. The zero-order valence-corrected chi connectivity index (χ0v) is 18.2. The predicted molar refractivity (Wildman–Crippen MR) is 123 cm³/mol. The van der Waals surface area contributed by atoms with E-state index >= 15 is 0 Å². The van der Waals surface area contributed by atoms with E-state index in [9.17, 15) is 13.6 Å². The van der Waals surface area contributed by atoms with E-state index in [0.29, 0.717) is 16.9 Å². The highest BCUT2D eigenvalue weighted by Crippen LogP contribution is 2.49. The number of fused-ring (bicyclic) bond motifs is 9. The normalized spacial score (nSPS) is 25.0. The van der Waals surface area contributed by atoms with Crippen molar-refractivity contribution in [3.63, 3.8) is 0 Å². The Labute approximate surface area is 200 Å². The van der Waals surface area contributed by atoms with Crippen LogP contribution in [0.1, 0.15) is 69.2 Å². The maximum atomic E-state index is 13.5. The number of piperidine rings is 1. The second kappa shape index (κ2) is 8.10. The first kappa shape index (κ1) is 18.0. The number of carbonyl (C=O) groups is 1. The Balaban J connectivity index is 1.53. The molecule has 2 bridgehead atoms. The molecule has 0 radical (unpaired) electrons. The molecule has 0 saturated carbocycles. The average molecular weight is 466 g/mol. The van der Waals surface area contributed by atoms with Crippen LogP contribution in [0.5, 0.6) is 5.75 Å². The molecule has 2 aromatic carbocycles. The highest BCUT2D eigenvalue weighted by Gasteiger charge is 2.45. The highest BCUT2D eigenvalue weighted by molar-refractivity contribution is 5.97. The van der Waals surface area contributed by atoms with Gasteiger partial charge in [0.25, 0.3) is 5.91 Å². The zero-order chi connectivity index (χ0) is 25.9. The molecule has 1 fully saturated rings. The van der Waals surface area contributed by atoms with Crippen LogP contribution in [-0.2, 0) is 0 Å². The Morgan fingerprint density at radius 3 is 2.97 bits per heavy atom. The summed E-state index contributed by atoms with van der Waals surface area (Å²) < 4.78 is 57.6. The number of nitrogens with one attached hydrogen (secondary N) is 1. The van der Waals surface area contributed by atoms with Crippen molar-refractivity contribution >= 4 is 16.9 Å². The first-order valence-electron chi connectivity index (χ1n) is 12.9. The summed E-state index contributed by atoms with van der Waals surface area (Å²) in [5, 5.41) is 3.40. The van der Waals surface area contributed by atoms with E-state index in [1.54, 1.807) is 0 Å². The number of aromatic nitrogens is 2. The number of imidazole rings is 1. The molecule has 1 aromatic heterocycles. The summed E-state index contributed by atoms with van der Waals surface area (Å²) in [6, 6.07) is 8.47. The molecule has 1 saturated heterocycles. The van der Waals surface area contributed by atoms with Crippen molar-refractivity contribution in [2.75, 3.05) is 13.5 Å². The van der Waals surface area contributed by atoms with Gasteiger partial charge in [0, 0.05) is 34.2 Å². The summed E-state index contributed by atoms with van der Waals surface area (Å²) in [5.41, 5.74) is 2.35. The number of hydrogen-bond donors (Lipinski definition) is 1. The summed E-state index contributed by atoms with van der Waals surface area (Å²) in [7, 11) is 0. The molecular weight excluding hydrogens is 438 g/mol. The highest BCUT2D eigenvalue weighted by atomic mass is 19.3. The fourth-order valence-corrected chi connectivity index (χ4v) is 5.33. The number of amides is 1. The molecular formula is C26H24F2N4O2. The lowest BCUT2D eigenvalue weighted by atomic mass is 9.97. The van der Waals surface area contributed by atoms with Crippen LogP contribution in [0.2, 0.25) is 0 Å². The molecule has 3 aliphatic rings. The number of alkyl halides is 2. The first-order chi connectivity index (χ1) is 17.7. The third-order valence-corrected chi connectivity index (χ3v) is 6.85. The summed E-state index contributed by atoms with van der Waals surface area (Å²) >= 11 is 0. The van der Waals surface area contributed by atoms with Gasteiger partial charge in [0.2, 0.25) is 0 Å². The van der Waals surface area contributed by atoms with Gasteiger partial charge < -0.3 is 19.5 Å². The predicted octanol–water partition coefficient (Wildman–Crippen LogP) is 4.25. The molecule has 34 heavy (non-hydrogen) atoms. The third-order valence-electron chi connectivity index (χ3n) is 6.85. The van der Waals surface area contributed by atoms with Crippen molar-refractivity contribution in [3.8, 4) is 17.6 Å². The molecule has 3 aliphatic heterocycles. The summed E-state index contributed by atoms with van der Waals surface area (Å²) in [6.07, 6.45) is 3.44. The molecule has 0 spiro atoms. The lowest BCUT2D eigenvalue weighted by molar-refractivity contribution is -0.0507. The van der Waals surface area contributed by atoms with E-state index in [-0.39, 0.29) is 29.3 Å². The van der Waals surface area contributed by atoms with Gasteiger partial charge in [-0.2, -0.15) is 8.78 Å². The van der Waals surface area contributed by atoms with Crippen molar-refractivity contribution in [1.29, 1.82) is 0 Å². The molecule has 0 aliphatic carbocycles. The van der Waals surface area contributed by atoms with Crippen molar-refractivity contribution in [2.24, 2.45) is 0 Å². The van der Waals surface area contributed by atoms with Crippen LogP contribution < -0.4 is 10.1 Å². The van der Waals surface area contributed by atoms with Gasteiger partial charge in [0.1, 0.15) is 11.6 Å². The molecule has 1 unspecified atom stereocenters. The lowest BCUT2D eigenvalue weighted by Crippen LogP contribution is -2.32. The quantitative estimate of drug-likeness (QED) is 0.575. The van der Waals surface area contributed by atoms with Crippen LogP contribution in [0.3, 0.4) is 0 Å². The molecule has 4 heterocycles. The van der Waals surface area contributed by atoms with Gasteiger partial charge in [-0.05, 0) is 56.1 Å². The molecule has 6 nitrogen and oxygen atoms in total. The van der Waals surface area contributed by atoms with Gasteiger partial charge in [-0.15, -0.1) is 0 Å². The minimum atomic E-state index is -3.10. The Morgan fingerprint density at radius 1 is 1.26 bits per heavy atom. The SMILES string of the molecule is [2H]C([2H])([2H])N1C(=O)c2cccc(OC(F)F)c2[C@H]2C[C@@H]1c1nc3ccc(C#CC4CCCCN4)cc3n12. The topological polar surface area (TPSA) is 59.4 Å². The summed E-state index contributed by atoms with van der Waals surface area (Å²) in [6.45, 7) is -4.92. The zero-order valence-electron chi connectivity index (χ0n) is 21.2. The van der Waals surface area contributed by atoms with E-state index in [1.807, 2.05) is 22.8 Å². The molecule has 6 rings (SSSR count). The second-order valence-corrected chi connectivity index (χ2v) is 8.85. The van der Waals surface area contributed by atoms with Gasteiger partial charge >= 0.3 is 6.61 Å². The monoisotopic (exact) mass is 465 g/mol. The van der Waals surface area contributed by atoms with Crippen molar-refractivity contribution in [3.05, 3.63) is 58.9 Å². The number of benzene rings is 2. The standard InChI is InChI=1S/C26H24F2N4O2/c1-31-21-14-20(23-17(25(31)33)6-4-7-22(23)34-26(27)28)32-19-13-15(9-11-18(19)30-24(21)32)8-10-16-5-2-3-12-29-16/h4,6-7,9,11,13,16,20-21,26,29H,2-3,5,12,14H2,1H3/t16?,20-,21-/m1/s1/i1D3. The average Bonchev–Trinajstić information content (AvgIpc) is 3.35. The molecule has 3 atom stereocenters. The van der Waals surface area contributed by atoms with Crippen LogP contribution >= 0.6 is 0 Å². The summed E-state index contributed by atoms with van der Waals surface area (Å²) in [5.74, 6) is 6.00. The van der Waals surface area contributed by atoms with Crippen LogP contribution in [0.15, 0.2) is 36.4 Å². The Bertz CT molecular complexity index is 1450. The summed E-state index contributed by atoms with van der Waals surface area (Å²) in [4.78, 5) is 19.0. The maximum absolute atomic E-state index is 13.5. The maximum Gasteiger partial charge on any atom is 0.387 e. The Kier molecular flexibility index (Phi) is 4.28. The minimum Gasteiger partial charge on any atom is -0.434 e. The first-order valence-corrected chi connectivity index (χ1v) is 11.4. The number of halogens is 2. The Morgan fingerprint density at radius 2 is 2.18 bits per heavy atom. The van der Waals surface area contributed by atoms with Gasteiger partial charge in [0.15, 0.2) is 0 Å². The Hall–Kier alpha value is -3.44. The van der Waals surface area contributed by atoms with E-state index in [4.69, 9.17) is 13.8 Å². The number of rotatable bonds is 2. The van der Waals surface area contributed by atoms with Crippen LogP contribution in [-0.4, -0.2) is 46.5 Å². The number of hydrogen-bond acceptors (Lipinski definition) is 4. The fraction of sp³-hybridized carbons (Fsp3) is 0.385. The van der Waals surface area contributed by atoms with Gasteiger partial charge in [-0.3, -0.25) is 4.79 Å². The van der Waals surface area contributed by atoms with E-state index in [1.165, 1.54) is 18.2 Å². The smallest absolute Gasteiger partial charge is 0.387 e. The number of ether oxygens (including phenoxy) is 1. The minimum absolute atomic E-state index is 0.0357. The van der Waals surface area contributed by atoms with Crippen molar-refractivity contribution in [2.45, 2.75) is 50.4 Å². The van der Waals surface area contributed by atoms with Crippen LogP contribution in [0.4, 0.5) is 8.78 Å². The number of nitrogens with zero attached hydrogens (tertiary/aromatic N) is 3. The third kappa shape index (κ3) is 3.34. The molecule has 1 N–H and O–H groups in total. The lowest BCUT2D eigenvalue weighted by Gasteiger charge is -2.24. The second-order valence-electron chi connectivity index (χ2n) is 8.85. The molecule has 3 aromatic rings. The molecule has 8 heteroatoms. The van der Waals surface area contributed by atoms with Crippen molar-refractivity contribution < 1.29 is 22.4 Å². The van der Waals surface area contributed by atoms with E-state index in [2.05, 4.69) is 17.2 Å². The molecule has 174 valence electrons. The molecule has 1 amide bonds. The largest absolute Gasteiger partial charge is 0.434 e.